The van der Waals surface area contributed by atoms with Gasteiger partial charge in [0.15, 0.2) is 0 Å². The second-order valence-electron chi connectivity index (χ2n) is 4.32. The molecule has 0 atom stereocenters. The number of hydrogen-bond acceptors (Lipinski definition) is 0. The monoisotopic (exact) mass is 198 g/mol. The second kappa shape index (κ2) is 5.61. The molecule has 0 amide bonds. The lowest BCUT2D eigenvalue weighted by atomic mass is 10.0. The van der Waals surface area contributed by atoms with Crippen molar-refractivity contribution in [3.8, 4) is 11.8 Å². The fraction of sp³-hybridized carbons (Fsp3) is 0.467. The van der Waals surface area contributed by atoms with Gasteiger partial charge in [0.25, 0.3) is 0 Å². The van der Waals surface area contributed by atoms with Gasteiger partial charge in [0, 0.05) is 11.5 Å². The minimum atomic E-state index is 0.646. The first kappa shape index (κ1) is 10.3. The summed E-state index contributed by atoms with van der Waals surface area (Å²) in [5, 5.41) is 0. The lowest BCUT2D eigenvalue weighted by Gasteiger charge is -2.03. The smallest absolute Gasteiger partial charge is 0.0245 e. The third-order valence-electron chi connectivity index (χ3n) is 3.05. The first-order chi connectivity index (χ1) is 7.45. The van der Waals surface area contributed by atoms with Gasteiger partial charge in [-0.3, -0.25) is 0 Å². The SMILES string of the molecule is C(#CC1CCCCCC1)c1ccccc1. The van der Waals surface area contributed by atoms with Crippen molar-refractivity contribution in [3.05, 3.63) is 35.9 Å². The van der Waals surface area contributed by atoms with E-state index in [9.17, 15) is 0 Å². The average molecular weight is 198 g/mol. The van der Waals surface area contributed by atoms with E-state index in [1.165, 1.54) is 38.5 Å². The Balaban J connectivity index is 1.98. The summed E-state index contributed by atoms with van der Waals surface area (Å²) >= 11 is 0. The lowest BCUT2D eigenvalue weighted by molar-refractivity contribution is 0.577. The van der Waals surface area contributed by atoms with Gasteiger partial charge in [-0.25, -0.2) is 0 Å². The number of benzene rings is 1. The summed E-state index contributed by atoms with van der Waals surface area (Å²) in [6.07, 6.45) is 8.16. The molecule has 1 aromatic rings. The van der Waals surface area contributed by atoms with Crippen LogP contribution in [0.25, 0.3) is 0 Å². The maximum atomic E-state index is 3.43. The first-order valence-corrected chi connectivity index (χ1v) is 6.02. The van der Waals surface area contributed by atoms with Crippen molar-refractivity contribution in [2.45, 2.75) is 38.5 Å². The van der Waals surface area contributed by atoms with E-state index < -0.39 is 0 Å². The summed E-state index contributed by atoms with van der Waals surface area (Å²) in [7, 11) is 0. The molecule has 0 radical (unpaired) electrons. The first-order valence-electron chi connectivity index (χ1n) is 6.02. The van der Waals surface area contributed by atoms with Gasteiger partial charge in [-0.2, -0.15) is 0 Å². The van der Waals surface area contributed by atoms with Gasteiger partial charge in [0.1, 0.15) is 0 Å². The molecule has 1 aliphatic carbocycles. The molecule has 78 valence electrons. The number of hydrogen-bond donors (Lipinski definition) is 0. The topological polar surface area (TPSA) is 0 Å². The summed E-state index contributed by atoms with van der Waals surface area (Å²) in [6.45, 7) is 0. The molecule has 0 N–H and O–H groups in total. The molecule has 1 fully saturated rings. The predicted octanol–water partition coefficient (Wildman–Crippen LogP) is 4.01. The Morgan fingerprint density at radius 2 is 1.53 bits per heavy atom. The van der Waals surface area contributed by atoms with Crippen LogP contribution < -0.4 is 0 Å². The fourth-order valence-electron chi connectivity index (χ4n) is 2.13. The van der Waals surface area contributed by atoms with Gasteiger partial charge in [-0.05, 0) is 25.0 Å². The summed E-state index contributed by atoms with van der Waals surface area (Å²) < 4.78 is 0. The summed E-state index contributed by atoms with van der Waals surface area (Å²) in [5.41, 5.74) is 1.15. The van der Waals surface area contributed by atoms with Gasteiger partial charge >= 0.3 is 0 Å². The van der Waals surface area contributed by atoms with Crippen molar-refractivity contribution in [2.75, 3.05) is 0 Å². The normalized spacial score (nSPS) is 17.6. The molecular formula is C15H18. The van der Waals surface area contributed by atoms with Crippen molar-refractivity contribution in [1.29, 1.82) is 0 Å². The van der Waals surface area contributed by atoms with Crippen LogP contribution in [0.4, 0.5) is 0 Å². The molecule has 0 heterocycles. The molecule has 1 aliphatic rings. The molecule has 0 saturated heterocycles. The van der Waals surface area contributed by atoms with Crippen LogP contribution in [0.5, 0.6) is 0 Å². The van der Waals surface area contributed by atoms with Gasteiger partial charge < -0.3 is 0 Å². The van der Waals surface area contributed by atoms with E-state index in [4.69, 9.17) is 0 Å². The Labute approximate surface area is 92.7 Å². The second-order valence-corrected chi connectivity index (χ2v) is 4.32. The number of rotatable bonds is 0. The van der Waals surface area contributed by atoms with E-state index in [2.05, 4.69) is 36.1 Å². The maximum Gasteiger partial charge on any atom is 0.0245 e. The molecule has 0 heteroatoms. The van der Waals surface area contributed by atoms with Crippen LogP contribution in [0.1, 0.15) is 44.1 Å². The molecule has 0 bridgehead atoms. The van der Waals surface area contributed by atoms with E-state index in [0.29, 0.717) is 5.92 Å². The third kappa shape index (κ3) is 3.44. The van der Waals surface area contributed by atoms with Crippen LogP contribution in [-0.2, 0) is 0 Å². The van der Waals surface area contributed by atoms with Crippen LogP contribution in [-0.4, -0.2) is 0 Å². The van der Waals surface area contributed by atoms with Gasteiger partial charge in [-0.15, -0.1) is 0 Å². The highest BCUT2D eigenvalue weighted by Crippen LogP contribution is 2.22. The van der Waals surface area contributed by atoms with E-state index in [0.717, 1.165) is 5.56 Å². The molecule has 15 heavy (non-hydrogen) atoms. The van der Waals surface area contributed by atoms with Crippen molar-refractivity contribution in [2.24, 2.45) is 5.92 Å². The highest BCUT2D eigenvalue weighted by Gasteiger charge is 2.08. The quantitative estimate of drug-likeness (QED) is 0.436. The minimum absolute atomic E-state index is 0.646. The molecule has 0 aliphatic heterocycles. The van der Waals surface area contributed by atoms with E-state index in [-0.39, 0.29) is 0 Å². The van der Waals surface area contributed by atoms with Crippen LogP contribution in [0.2, 0.25) is 0 Å². The van der Waals surface area contributed by atoms with Gasteiger partial charge in [-0.1, -0.05) is 55.7 Å². The van der Waals surface area contributed by atoms with E-state index >= 15 is 0 Å². The lowest BCUT2D eigenvalue weighted by Crippen LogP contribution is -1.93. The highest BCUT2D eigenvalue weighted by molar-refractivity contribution is 5.34. The molecule has 0 unspecified atom stereocenters. The van der Waals surface area contributed by atoms with Crippen molar-refractivity contribution < 1.29 is 0 Å². The Hall–Kier alpha value is -1.22. The van der Waals surface area contributed by atoms with Crippen LogP contribution >= 0.6 is 0 Å². The molecule has 1 aromatic carbocycles. The Morgan fingerprint density at radius 1 is 0.867 bits per heavy atom. The average Bonchev–Trinajstić information content (AvgIpc) is 2.56. The molecule has 1 saturated carbocycles. The van der Waals surface area contributed by atoms with Crippen molar-refractivity contribution in [1.82, 2.24) is 0 Å². The van der Waals surface area contributed by atoms with Crippen molar-refractivity contribution in [3.63, 3.8) is 0 Å². The molecule has 2 rings (SSSR count). The Kier molecular flexibility index (Phi) is 3.85. The van der Waals surface area contributed by atoms with Gasteiger partial charge in [0.2, 0.25) is 0 Å². The summed E-state index contributed by atoms with van der Waals surface area (Å²) in [5.74, 6) is 7.37. The predicted molar refractivity (Wildman–Crippen MR) is 64.5 cm³/mol. The van der Waals surface area contributed by atoms with Crippen LogP contribution in [0, 0.1) is 17.8 Å². The largest absolute Gasteiger partial charge is 0.0945 e. The third-order valence-corrected chi connectivity index (χ3v) is 3.05. The summed E-state index contributed by atoms with van der Waals surface area (Å²) in [4.78, 5) is 0. The zero-order valence-corrected chi connectivity index (χ0v) is 9.21. The molecular weight excluding hydrogens is 180 g/mol. The molecule has 0 spiro atoms. The Morgan fingerprint density at radius 3 is 2.20 bits per heavy atom. The standard InChI is InChI=1S/C15H18/c1-2-5-9-14(8-4-1)12-13-15-10-6-3-7-11-15/h3,6-7,10-11,14H,1-2,4-5,8-9H2. The van der Waals surface area contributed by atoms with Crippen LogP contribution in [0.3, 0.4) is 0 Å². The molecule has 0 aromatic heterocycles. The maximum absolute atomic E-state index is 3.43. The Bertz CT molecular complexity index is 331. The zero-order chi connectivity index (χ0) is 10.3. The van der Waals surface area contributed by atoms with Gasteiger partial charge in [0.05, 0.1) is 0 Å². The van der Waals surface area contributed by atoms with E-state index in [1.807, 2.05) is 6.07 Å². The molecule has 0 nitrogen and oxygen atoms in total. The highest BCUT2D eigenvalue weighted by atomic mass is 14.1. The van der Waals surface area contributed by atoms with Crippen LogP contribution in [0.15, 0.2) is 30.3 Å². The summed E-state index contributed by atoms with van der Waals surface area (Å²) in [6, 6.07) is 10.3. The van der Waals surface area contributed by atoms with Crippen molar-refractivity contribution >= 4 is 0 Å². The fourth-order valence-corrected chi connectivity index (χ4v) is 2.13. The van der Waals surface area contributed by atoms with E-state index in [1.54, 1.807) is 0 Å². The zero-order valence-electron chi connectivity index (χ0n) is 9.21. The minimum Gasteiger partial charge on any atom is -0.0945 e.